The molecule has 0 bridgehead atoms. The Morgan fingerprint density at radius 2 is 1.81 bits per heavy atom. The molecule has 0 aliphatic heterocycles. The van der Waals surface area contributed by atoms with Crippen LogP contribution in [0.15, 0.2) is 0 Å². The molecule has 0 aromatic rings. The van der Waals surface area contributed by atoms with Gasteiger partial charge in [-0.25, -0.2) is 0 Å². The number of amides is 1. The minimum atomic E-state index is -0.584. The van der Waals surface area contributed by atoms with Crippen LogP contribution in [-0.4, -0.2) is 28.9 Å². The molecule has 0 fully saturated rings. The molecular formula is C12H23NO3. The van der Waals surface area contributed by atoms with Crippen molar-refractivity contribution in [1.29, 1.82) is 0 Å². The van der Waals surface area contributed by atoms with Gasteiger partial charge in [-0.05, 0) is 20.3 Å². The van der Waals surface area contributed by atoms with Crippen molar-refractivity contribution < 1.29 is 14.7 Å². The number of ketones is 1. The van der Waals surface area contributed by atoms with Crippen molar-refractivity contribution in [3.05, 3.63) is 0 Å². The smallest absolute Gasteiger partial charge is 0.220 e. The molecule has 0 aromatic heterocycles. The predicted molar refractivity (Wildman–Crippen MR) is 63.0 cm³/mol. The summed E-state index contributed by atoms with van der Waals surface area (Å²) in [5.41, 5.74) is -0.584. The lowest BCUT2D eigenvalue weighted by Crippen LogP contribution is -2.46. The first-order chi connectivity index (χ1) is 7.28. The Morgan fingerprint density at radius 1 is 1.25 bits per heavy atom. The summed E-state index contributed by atoms with van der Waals surface area (Å²) >= 11 is 0. The quantitative estimate of drug-likeness (QED) is 0.691. The zero-order chi connectivity index (χ0) is 12.8. The van der Waals surface area contributed by atoms with Gasteiger partial charge in [-0.1, -0.05) is 13.8 Å². The first-order valence-corrected chi connectivity index (χ1v) is 5.73. The van der Waals surface area contributed by atoms with Gasteiger partial charge in [0.15, 0.2) is 0 Å². The maximum Gasteiger partial charge on any atom is 0.220 e. The van der Waals surface area contributed by atoms with Crippen LogP contribution in [0.2, 0.25) is 0 Å². The van der Waals surface area contributed by atoms with E-state index in [1.54, 1.807) is 13.8 Å². The molecule has 0 rings (SSSR count). The van der Waals surface area contributed by atoms with Crippen molar-refractivity contribution in [3.8, 4) is 0 Å². The summed E-state index contributed by atoms with van der Waals surface area (Å²) in [4.78, 5) is 22.7. The number of carbonyl (C=O) groups excluding carboxylic acids is 2. The van der Waals surface area contributed by atoms with Crippen molar-refractivity contribution in [3.63, 3.8) is 0 Å². The third kappa shape index (κ3) is 6.56. The maximum absolute atomic E-state index is 11.4. The lowest BCUT2D eigenvalue weighted by Gasteiger charge is -2.23. The summed E-state index contributed by atoms with van der Waals surface area (Å²) in [6.45, 7) is 7.13. The van der Waals surface area contributed by atoms with Crippen LogP contribution in [0.1, 0.15) is 47.0 Å². The van der Waals surface area contributed by atoms with Crippen molar-refractivity contribution >= 4 is 11.7 Å². The van der Waals surface area contributed by atoms with Gasteiger partial charge in [-0.15, -0.1) is 0 Å². The monoisotopic (exact) mass is 229 g/mol. The largest absolute Gasteiger partial charge is 0.394 e. The van der Waals surface area contributed by atoms with Crippen LogP contribution in [0.3, 0.4) is 0 Å². The Balaban J connectivity index is 3.79. The Hall–Kier alpha value is -0.900. The molecule has 94 valence electrons. The number of nitrogens with one attached hydrogen (secondary N) is 1. The van der Waals surface area contributed by atoms with Gasteiger partial charge < -0.3 is 10.4 Å². The SMILES string of the molecule is CC(C)C(=O)CCCC(=O)NC(C)(C)CO. The van der Waals surface area contributed by atoms with E-state index >= 15 is 0 Å². The second-order valence-corrected chi connectivity index (χ2v) is 5.06. The van der Waals surface area contributed by atoms with Crippen molar-refractivity contribution in [2.24, 2.45) is 5.92 Å². The van der Waals surface area contributed by atoms with Crippen molar-refractivity contribution in [1.82, 2.24) is 5.32 Å². The lowest BCUT2D eigenvalue weighted by molar-refractivity contribution is -0.124. The highest BCUT2D eigenvalue weighted by molar-refractivity contribution is 5.81. The minimum Gasteiger partial charge on any atom is -0.394 e. The molecule has 1 amide bonds. The lowest BCUT2D eigenvalue weighted by atomic mass is 10.0. The van der Waals surface area contributed by atoms with E-state index in [-0.39, 0.29) is 24.2 Å². The van der Waals surface area contributed by atoms with Gasteiger partial charge in [0.1, 0.15) is 5.78 Å². The third-order valence-corrected chi connectivity index (χ3v) is 2.34. The van der Waals surface area contributed by atoms with Crippen molar-refractivity contribution in [2.75, 3.05) is 6.61 Å². The zero-order valence-corrected chi connectivity index (χ0v) is 10.7. The molecule has 0 aliphatic carbocycles. The van der Waals surface area contributed by atoms with Crippen LogP contribution >= 0.6 is 0 Å². The summed E-state index contributed by atoms with van der Waals surface area (Å²) < 4.78 is 0. The Kier molecular flexibility index (Phi) is 6.26. The molecule has 0 saturated heterocycles. The minimum absolute atomic E-state index is 0.0388. The Morgan fingerprint density at radius 3 is 2.25 bits per heavy atom. The van der Waals surface area contributed by atoms with Gasteiger partial charge in [-0.3, -0.25) is 9.59 Å². The molecule has 4 heteroatoms. The van der Waals surface area contributed by atoms with E-state index in [0.717, 1.165) is 0 Å². The molecule has 0 aromatic carbocycles. The van der Waals surface area contributed by atoms with E-state index < -0.39 is 5.54 Å². The average Bonchev–Trinajstić information content (AvgIpc) is 2.16. The fourth-order valence-corrected chi connectivity index (χ4v) is 1.19. The predicted octanol–water partition coefficient (Wildman–Crippen LogP) is 1.27. The standard InChI is InChI=1S/C12H23NO3/c1-9(2)10(15)6-5-7-11(16)13-12(3,4)8-14/h9,14H,5-8H2,1-4H3,(H,13,16). The third-order valence-electron chi connectivity index (χ3n) is 2.34. The normalized spacial score (nSPS) is 11.6. The molecule has 0 radical (unpaired) electrons. The fourth-order valence-electron chi connectivity index (χ4n) is 1.19. The van der Waals surface area contributed by atoms with Crippen LogP contribution in [-0.2, 0) is 9.59 Å². The van der Waals surface area contributed by atoms with Gasteiger partial charge in [0, 0.05) is 18.8 Å². The van der Waals surface area contributed by atoms with E-state index in [0.29, 0.717) is 19.3 Å². The summed E-state index contributed by atoms with van der Waals surface area (Å²) in [5, 5.41) is 11.7. The maximum atomic E-state index is 11.4. The molecule has 0 aliphatic rings. The highest BCUT2D eigenvalue weighted by Gasteiger charge is 2.18. The number of carbonyl (C=O) groups is 2. The molecule has 16 heavy (non-hydrogen) atoms. The zero-order valence-electron chi connectivity index (χ0n) is 10.7. The van der Waals surface area contributed by atoms with E-state index in [1.165, 1.54) is 0 Å². The molecule has 0 atom stereocenters. The van der Waals surface area contributed by atoms with Crippen LogP contribution in [0, 0.1) is 5.92 Å². The molecular weight excluding hydrogens is 206 g/mol. The Labute approximate surface area is 97.4 Å². The van der Waals surface area contributed by atoms with E-state index in [4.69, 9.17) is 5.11 Å². The van der Waals surface area contributed by atoms with Gasteiger partial charge in [0.2, 0.25) is 5.91 Å². The van der Waals surface area contributed by atoms with Crippen LogP contribution < -0.4 is 5.32 Å². The van der Waals surface area contributed by atoms with E-state index in [2.05, 4.69) is 5.32 Å². The van der Waals surface area contributed by atoms with Crippen molar-refractivity contribution in [2.45, 2.75) is 52.5 Å². The van der Waals surface area contributed by atoms with Crippen LogP contribution in [0.5, 0.6) is 0 Å². The number of hydrogen-bond acceptors (Lipinski definition) is 3. The fraction of sp³-hybridized carbons (Fsp3) is 0.833. The molecule has 0 saturated carbocycles. The van der Waals surface area contributed by atoms with Crippen LogP contribution in [0.25, 0.3) is 0 Å². The molecule has 0 spiro atoms. The van der Waals surface area contributed by atoms with Gasteiger partial charge in [0.25, 0.3) is 0 Å². The first-order valence-electron chi connectivity index (χ1n) is 5.73. The topological polar surface area (TPSA) is 66.4 Å². The second-order valence-electron chi connectivity index (χ2n) is 5.06. The molecule has 0 unspecified atom stereocenters. The summed E-state index contributed by atoms with van der Waals surface area (Å²) in [6.07, 6.45) is 1.36. The first kappa shape index (κ1) is 15.1. The molecule has 0 heterocycles. The number of aliphatic hydroxyl groups excluding tert-OH is 1. The molecule has 2 N–H and O–H groups in total. The summed E-state index contributed by atoms with van der Waals surface area (Å²) in [6, 6.07) is 0. The highest BCUT2D eigenvalue weighted by atomic mass is 16.3. The molecule has 4 nitrogen and oxygen atoms in total. The average molecular weight is 229 g/mol. The number of aliphatic hydroxyl groups is 1. The van der Waals surface area contributed by atoms with Gasteiger partial charge >= 0.3 is 0 Å². The van der Waals surface area contributed by atoms with Gasteiger partial charge in [0.05, 0.1) is 12.1 Å². The Bertz CT molecular complexity index is 247. The van der Waals surface area contributed by atoms with Crippen LogP contribution in [0.4, 0.5) is 0 Å². The number of rotatable bonds is 7. The van der Waals surface area contributed by atoms with E-state index in [1.807, 2.05) is 13.8 Å². The second kappa shape index (κ2) is 6.63. The highest BCUT2D eigenvalue weighted by Crippen LogP contribution is 2.06. The summed E-state index contributed by atoms with van der Waals surface area (Å²) in [7, 11) is 0. The number of Topliss-reactive ketones (excluding diaryl/α,β-unsaturated/α-hetero) is 1. The van der Waals surface area contributed by atoms with E-state index in [9.17, 15) is 9.59 Å². The van der Waals surface area contributed by atoms with Gasteiger partial charge in [-0.2, -0.15) is 0 Å². The number of hydrogen-bond donors (Lipinski definition) is 2. The summed E-state index contributed by atoms with van der Waals surface area (Å²) in [5.74, 6) is 0.113.